The van der Waals surface area contributed by atoms with E-state index in [1.54, 1.807) is 27.7 Å². The van der Waals surface area contributed by atoms with Crippen molar-refractivity contribution >= 4 is 10.3 Å². The van der Waals surface area contributed by atoms with Crippen molar-refractivity contribution in [3.8, 4) is 0 Å². The van der Waals surface area contributed by atoms with Crippen molar-refractivity contribution in [2.24, 2.45) is 5.14 Å². The first kappa shape index (κ1) is 16.5. The molecule has 0 radical (unpaired) electrons. The number of hydrogen-bond acceptors (Lipinski definition) is 8. The predicted octanol–water partition coefficient (Wildman–Crippen LogP) is -0.395. The fraction of sp³-hybridized carbons (Fsp3) is 1.00. The monoisotopic (exact) mass is 339 g/mol. The molecule has 2 N–H and O–H groups in total. The van der Waals surface area contributed by atoms with E-state index in [4.69, 9.17) is 33.0 Å². The van der Waals surface area contributed by atoms with Gasteiger partial charge < -0.3 is 23.7 Å². The SMILES string of the molecule is CC1(C)OC2CO[C@]3(COS(N)(=O)=O)OC(C)(C)OC3C2O1. The maximum atomic E-state index is 11.1. The molecule has 10 heteroatoms. The van der Waals surface area contributed by atoms with Gasteiger partial charge in [-0.05, 0) is 27.7 Å². The molecule has 3 unspecified atom stereocenters. The molecular weight excluding hydrogens is 318 g/mol. The molecule has 128 valence electrons. The van der Waals surface area contributed by atoms with Gasteiger partial charge in [-0.1, -0.05) is 0 Å². The molecule has 4 atom stereocenters. The van der Waals surface area contributed by atoms with Crippen LogP contribution in [0.5, 0.6) is 0 Å². The molecule has 3 rings (SSSR count). The van der Waals surface area contributed by atoms with Crippen LogP contribution < -0.4 is 5.14 Å². The maximum absolute atomic E-state index is 11.1. The van der Waals surface area contributed by atoms with Gasteiger partial charge >= 0.3 is 10.3 Å². The highest BCUT2D eigenvalue weighted by atomic mass is 32.2. The number of ether oxygens (including phenoxy) is 5. The zero-order valence-electron chi connectivity index (χ0n) is 12.9. The van der Waals surface area contributed by atoms with Crippen LogP contribution in [0.1, 0.15) is 27.7 Å². The summed E-state index contributed by atoms with van der Waals surface area (Å²) in [5.41, 5.74) is 0. The molecule has 0 amide bonds. The van der Waals surface area contributed by atoms with E-state index in [1.165, 1.54) is 0 Å². The second-order valence-corrected chi connectivity index (χ2v) is 7.78. The van der Waals surface area contributed by atoms with E-state index in [2.05, 4.69) is 0 Å². The van der Waals surface area contributed by atoms with Crippen molar-refractivity contribution in [2.45, 2.75) is 63.4 Å². The molecule has 9 nitrogen and oxygen atoms in total. The van der Waals surface area contributed by atoms with Crippen molar-refractivity contribution < 1.29 is 36.3 Å². The second-order valence-electron chi connectivity index (χ2n) is 6.56. The summed E-state index contributed by atoms with van der Waals surface area (Å²) in [5.74, 6) is -3.19. The van der Waals surface area contributed by atoms with Crippen molar-refractivity contribution in [3.05, 3.63) is 0 Å². The molecule has 3 saturated heterocycles. The molecule has 0 aromatic heterocycles. The third kappa shape index (κ3) is 3.02. The van der Waals surface area contributed by atoms with Gasteiger partial charge in [0.05, 0.1) is 6.61 Å². The fourth-order valence-electron chi connectivity index (χ4n) is 3.11. The Morgan fingerprint density at radius 2 is 1.82 bits per heavy atom. The van der Waals surface area contributed by atoms with E-state index < -0.39 is 46.5 Å². The van der Waals surface area contributed by atoms with Crippen molar-refractivity contribution in [1.82, 2.24) is 0 Å². The Balaban J connectivity index is 1.87. The molecule has 0 aromatic rings. The largest absolute Gasteiger partial charge is 0.343 e. The summed E-state index contributed by atoms with van der Waals surface area (Å²) in [6, 6.07) is 0. The van der Waals surface area contributed by atoms with E-state index in [0.29, 0.717) is 0 Å². The number of nitrogens with two attached hydrogens (primary N) is 1. The van der Waals surface area contributed by atoms with Gasteiger partial charge in [0.1, 0.15) is 24.9 Å². The van der Waals surface area contributed by atoms with Gasteiger partial charge in [0.2, 0.25) is 5.79 Å². The summed E-state index contributed by atoms with van der Waals surface area (Å²) in [6.45, 7) is 6.71. The average molecular weight is 339 g/mol. The first-order valence-corrected chi connectivity index (χ1v) is 8.43. The first-order chi connectivity index (χ1) is 9.92. The molecule has 3 aliphatic rings. The van der Waals surface area contributed by atoms with Gasteiger partial charge in [-0.25, -0.2) is 5.14 Å². The normalized spacial score (nSPS) is 42.9. The minimum absolute atomic E-state index is 0.165. The summed E-state index contributed by atoms with van der Waals surface area (Å²) in [4.78, 5) is 0. The highest BCUT2D eigenvalue weighted by Gasteiger charge is 2.65. The first-order valence-electron chi connectivity index (χ1n) is 6.96. The van der Waals surface area contributed by atoms with Crippen LogP contribution in [0, 0.1) is 0 Å². The van der Waals surface area contributed by atoms with E-state index >= 15 is 0 Å². The van der Waals surface area contributed by atoms with Crippen LogP contribution in [0.4, 0.5) is 0 Å². The molecule has 0 aliphatic carbocycles. The molecule has 0 saturated carbocycles. The lowest BCUT2D eigenvalue weighted by Crippen LogP contribution is -2.60. The van der Waals surface area contributed by atoms with E-state index in [9.17, 15) is 8.42 Å². The zero-order chi connectivity index (χ0) is 16.4. The standard InChI is InChI=1S/C12H21NO8S/c1-10(2)18-7-5-16-12(6-17-22(13,14)15)9(8(7)19-10)20-11(3,4)21-12/h7-9H,5-6H2,1-4H3,(H2,13,14,15)/t7?,8?,9?,12-/m1/s1. The summed E-state index contributed by atoms with van der Waals surface area (Å²) < 4.78 is 55.9. The lowest BCUT2D eigenvalue weighted by atomic mass is 9.98. The molecule has 0 aromatic carbocycles. The van der Waals surface area contributed by atoms with E-state index in [1.807, 2.05) is 0 Å². The Kier molecular flexibility index (Phi) is 3.63. The Bertz CT molecular complexity index is 561. The Labute approximate surface area is 129 Å². The summed E-state index contributed by atoms with van der Waals surface area (Å²) in [6.07, 6.45) is -1.50. The van der Waals surface area contributed by atoms with Crippen LogP contribution in [-0.4, -0.2) is 57.3 Å². The third-order valence-corrected chi connectivity index (χ3v) is 4.15. The minimum Gasteiger partial charge on any atom is -0.343 e. The van der Waals surface area contributed by atoms with Gasteiger partial charge in [-0.2, -0.15) is 8.42 Å². The molecular formula is C12H21NO8S. The van der Waals surface area contributed by atoms with Gasteiger partial charge in [-0.3, -0.25) is 4.18 Å². The van der Waals surface area contributed by atoms with Crippen molar-refractivity contribution in [2.75, 3.05) is 13.2 Å². The predicted molar refractivity (Wildman–Crippen MR) is 71.6 cm³/mol. The van der Waals surface area contributed by atoms with E-state index in [0.717, 1.165) is 0 Å². The number of rotatable bonds is 3. The second kappa shape index (κ2) is 4.84. The minimum atomic E-state index is -4.14. The molecule has 0 bridgehead atoms. The summed E-state index contributed by atoms with van der Waals surface area (Å²) >= 11 is 0. The quantitative estimate of drug-likeness (QED) is 0.739. The van der Waals surface area contributed by atoms with Crippen LogP contribution in [0.3, 0.4) is 0 Å². The highest BCUT2D eigenvalue weighted by Crippen LogP contribution is 2.47. The summed E-state index contributed by atoms with van der Waals surface area (Å²) in [7, 11) is -4.14. The molecule has 3 aliphatic heterocycles. The van der Waals surface area contributed by atoms with E-state index in [-0.39, 0.29) is 12.7 Å². The molecule has 3 fully saturated rings. The van der Waals surface area contributed by atoms with Crippen molar-refractivity contribution in [3.63, 3.8) is 0 Å². The molecule has 22 heavy (non-hydrogen) atoms. The third-order valence-electron chi connectivity index (χ3n) is 3.70. The lowest BCUT2D eigenvalue weighted by Gasteiger charge is -2.40. The van der Waals surface area contributed by atoms with Gasteiger partial charge in [0.25, 0.3) is 0 Å². The van der Waals surface area contributed by atoms with Crippen LogP contribution in [-0.2, 0) is 38.2 Å². The van der Waals surface area contributed by atoms with Crippen molar-refractivity contribution in [1.29, 1.82) is 0 Å². The zero-order valence-corrected chi connectivity index (χ0v) is 13.7. The van der Waals surface area contributed by atoms with Crippen LogP contribution in [0.15, 0.2) is 0 Å². The molecule has 0 spiro atoms. The smallest absolute Gasteiger partial charge is 0.333 e. The van der Waals surface area contributed by atoms with Crippen LogP contribution >= 0.6 is 0 Å². The van der Waals surface area contributed by atoms with Crippen LogP contribution in [0.2, 0.25) is 0 Å². The van der Waals surface area contributed by atoms with Gasteiger partial charge in [-0.15, -0.1) is 0 Å². The number of hydrogen-bond donors (Lipinski definition) is 1. The fourth-order valence-corrected chi connectivity index (χ4v) is 3.44. The van der Waals surface area contributed by atoms with Gasteiger partial charge in [0, 0.05) is 0 Å². The van der Waals surface area contributed by atoms with Gasteiger partial charge in [0.15, 0.2) is 11.6 Å². The Morgan fingerprint density at radius 1 is 1.14 bits per heavy atom. The Morgan fingerprint density at radius 3 is 2.45 bits per heavy atom. The lowest BCUT2D eigenvalue weighted by molar-refractivity contribution is -0.290. The number of fused-ring (bicyclic) bond motifs is 3. The Hall–Kier alpha value is -0.330. The van der Waals surface area contributed by atoms with Crippen LogP contribution in [0.25, 0.3) is 0 Å². The summed E-state index contributed by atoms with van der Waals surface area (Å²) in [5, 5.41) is 4.89. The molecule has 3 heterocycles. The average Bonchev–Trinajstić information content (AvgIpc) is 2.78. The maximum Gasteiger partial charge on any atom is 0.333 e. The highest BCUT2D eigenvalue weighted by molar-refractivity contribution is 7.84. The topological polar surface area (TPSA) is 116 Å².